The number of carbonyl (C=O) groups is 1. The molecule has 0 saturated carbocycles. The molecule has 0 aliphatic carbocycles. The fourth-order valence-corrected chi connectivity index (χ4v) is 2.20. The van der Waals surface area contributed by atoms with Crippen LogP contribution in [0.3, 0.4) is 0 Å². The van der Waals surface area contributed by atoms with E-state index in [4.69, 9.17) is 10.8 Å². The molecule has 0 bridgehead atoms. The normalized spacial score (nSPS) is 9.91. The molecule has 0 aliphatic heterocycles. The van der Waals surface area contributed by atoms with Gasteiger partial charge in [-0.1, -0.05) is 82.9 Å². The molecule has 1 aromatic carbocycles. The number of hydrogen-bond acceptors (Lipinski definition) is 2. The van der Waals surface area contributed by atoms with Crippen LogP contribution in [0, 0.1) is 0 Å². The second-order valence-electron chi connectivity index (χ2n) is 5.64. The molecule has 1 aromatic rings. The number of unbranched alkanes of at least 4 members (excludes halogenated alkanes) is 9. The maximum absolute atomic E-state index is 10.4. The van der Waals surface area contributed by atoms with Gasteiger partial charge in [-0.15, -0.1) is 0 Å². The van der Waals surface area contributed by atoms with Gasteiger partial charge in [-0.2, -0.15) is 0 Å². The van der Waals surface area contributed by atoms with Crippen molar-refractivity contribution in [1.29, 1.82) is 0 Å². The molecule has 0 spiro atoms. The summed E-state index contributed by atoms with van der Waals surface area (Å²) in [6.07, 6.45) is 13.3. The van der Waals surface area contributed by atoms with Crippen molar-refractivity contribution in [3.63, 3.8) is 0 Å². The number of nitrogens with two attached hydrogens (primary N) is 1. The van der Waals surface area contributed by atoms with Crippen molar-refractivity contribution in [2.24, 2.45) is 5.73 Å². The third-order valence-electron chi connectivity index (χ3n) is 3.57. The summed E-state index contributed by atoms with van der Waals surface area (Å²) in [4.78, 5) is 10.4. The molecule has 22 heavy (non-hydrogen) atoms. The van der Waals surface area contributed by atoms with Gasteiger partial charge < -0.3 is 10.8 Å². The SMILES string of the molecule is CCCCCCCCCCCCO.NC(=O)c1ccccc1. The van der Waals surface area contributed by atoms with Crippen LogP contribution in [0.4, 0.5) is 0 Å². The van der Waals surface area contributed by atoms with Crippen LogP contribution in [-0.2, 0) is 0 Å². The van der Waals surface area contributed by atoms with Crippen LogP contribution < -0.4 is 5.73 Å². The fourth-order valence-electron chi connectivity index (χ4n) is 2.20. The quantitative estimate of drug-likeness (QED) is 0.583. The molecule has 3 nitrogen and oxygen atoms in total. The predicted molar refractivity (Wildman–Crippen MR) is 93.9 cm³/mol. The summed E-state index contributed by atoms with van der Waals surface area (Å²) in [6.45, 7) is 2.63. The highest BCUT2D eigenvalue weighted by Crippen LogP contribution is 2.10. The average Bonchev–Trinajstić information content (AvgIpc) is 2.55. The van der Waals surface area contributed by atoms with Gasteiger partial charge in [-0.05, 0) is 18.6 Å². The summed E-state index contributed by atoms with van der Waals surface area (Å²) in [5, 5.41) is 8.57. The van der Waals surface area contributed by atoms with E-state index in [-0.39, 0.29) is 5.91 Å². The van der Waals surface area contributed by atoms with Gasteiger partial charge in [0.1, 0.15) is 0 Å². The molecule has 0 heterocycles. The number of hydrogen-bond donors (Lipinski definition) is 2. The van der Waals surface area contributed by atoms with Crippen LogP contribution >= 0.6 is 0 Å². The largest absolute Gasteiger partial charge is 0.396 e. The van der Waals surface area contributed by atoms with Gasteiger partial charge in [0, 0.05) is 12.2 Å². The lowest BCUT2D eigenvalue weighted by Gasteiger charge is -2.00. The molecule has 0 saturated heterocycles. The monoisotopic (exact) mass is 307 g/mol. The number of aliphatic hydroxyl groups is 1. The van der Waals surface area contributed by atoms with Gasteiger partial charge in [-0.25, -0.2) is 0 Å². The highest BCUT2D eigenvalue weighted by Gasteiger charge is 1.94. The first-order chi connectivity index (χ1) is 10.7. The van der Waals surface area contributed by atoms with E-state index in [1.54, 1.807) is 24.3 Å². The van der Waals surface area contributed by atoms with E-state index in [0.717, 1.165) is 6.42 Å². The molecule has 3 heteroatoms. The van der Waals surface area contributed by atoms with Crippen LogP contribution in [0.25, 0.3) is 0 Å². The zero-order valence-corrected chi connectivity index (χ0v) is 14.1. The number of benzene rings is 1. The maximum Gasteiger partial charge on any atom is 0.248 e. The van der Waals surface area contributed by atoms with E-state index in [9.17, 15) is 4.79 Å². The molecule has 0 unspecified atom stereocenters. The standard InChI is InChI=1S/C12H26O.C7H7NO/c1-2-3-4-5-6-7-8-9-10-11-12-13;8-7(9)6-4-2-1-3-5-6/h13H,2-12H2,1H3;1-5H,(H2,8,9). The van der Waals surface area contributed by atoms with Crippen LogP contribution in [0.5, 0.6) is 0 Å². The Kier molecular flexibility index (Phi) is 15.0. The van der Waals surface area contributed by atoms with E-state index < -0.39 is 0 Å². The summed E-state index contributed by atoms with van der Waals surface area (Å²) in [5.41, 5.74) is 5.53. The Labute approximate surface area is 135 Å². The number of carbonyl (C=O) groups excluding carboxylic acids is 1. The number of rotatable bonds is 11. The minimum absolute atomic E-state index is 0.372. The van der Waals surface area contributed by atoms with Crippen molar-refractivity contribution in [3.05, 3.63) is 35.9 Å². The zero-order chi connectivity index (χ0) is 16.5. The second-order valence-corrected chi connectivity index (χ2v) is 5.64. The van der Waals surface area contributed by atoms with Crippen LogP contribution in [0.1, 0.15) is 81.5 Å². The minimum Gasteiger partial charge on any atom is -0.396 e. The number of primary amides is 1. The van der Waals surface area contributed by atoms with Gasteiger partial charge in [-0.3, -0.25) is 4.79 Å². The van der Waals surface area contributed by atoms with Crippen LogP contribution in [-0.4, -0.2) is 17.6 Å². The lowest BCUT2D eigenvalue weighted by molar-refractivity contribution is 0.100. The molecular formula is C19H33NO2. The molecule has 0 aromatic heterocycles. The summed E-state index contributed by atoms with van der Waals surface area (Å²) in [5.74, 6) is -0.379. The molecule has 3 N–H and O–H groups in total. The van der Waals surface area contributed by atoms with E-state index in [2.05, 4.69) is 6.92 Å². The Morgan fingerprint density at radius 3 is 1.68 bits per heavy atom. The van der Waals surface area contributed by atoms with Gasteiger partial charge >= 0.3 is 0 Å². The Hall–Kier alpha value is -1.35. The Bertz CT molecular complexity index is 342. The lowest BCUT2D eigenvalue weighted by Crippen LogP contribution is -2.09. The molecule has 1 rings (SSSR count). The first-order valence-electron chi connectivity index (χ1n) is 8.68. The molecule has 0 radical (unpaired) electrons. The summed E-state index contributed by atoms with van der Waals surface area (Å²) in [7, 11) is 0. The molecule has 0 fully saturated rings. The minimum atomic E-state index is -0.379. The Morgan fingerprint density at radius 1 is 0.864 bits per heavy atom. The van der Waals surface area contributed by atoms with E-state index >= 15 is 0 Å². The van der Waals surface area contributed by atoms with Crippen molar-refractivity contribution in [3.8, 4) is 0 Å². The molecule has 126 valence electrons. The van der Waals surface area contributed by atoms with E-state index in [0.29, 0.717) is 12.2 Å². The summed E-state index contributed by atoms with van der Waals surface area (Å²) in [6, 6.07) is 8.76. The van der Waals surface area contributed by atoms with Crippen molar-refractivity contribution in [2.75, 3.05) is 6.61 Å². The molecular weight excluding hydrogens is 274 g/mol. The third kappa shape index (κ3) is 13.6. The van der Waals surface area contributed by atoms with Gasteiger partial charge in [0.2, 0.25) is 5.91 Å². The van der Waals surface area contributed by atoms with Crippen molar-refractivity contribution in [2.45, 2.75) is 71.1 Å². The van der Waals surface area contributed by atoms with Gasteiger partial charge in [0.05, 0.1) is 0 Å². The Morgan fingerprint density at radius 2 is 1.32 bits per heavy atom. The summed E-state index contributed by atoms with van der Waals surface area (Å²) >= 11 is 0. The Balaban J connectivity index is 0.000000425. The van der Waals surface area contributed by atoms with Crippen LogP contribution in [0.15, 0.2) is 30.3 Å². The maximum atomic E-state index is 10.4. The van der Waals surface area contributed by atoms with E-state index in [1.165, 1.54) is 57.8 Å². The molecule has 1 amide bonds. The second kappa shape index (κ2) is 16.0. The van der Waals surface area contributed by atoms with E-state index in [1.807, 2.05) is 6.07 Å². The van der Waals surface area contributed by atoms with Crippen molar-refractivity contribution < 1.29 is 9.90 Å². The zero-order valence-electron chi connectivity index (χ0n) is 14.1. The third-order valence-corrected chi connectivity index (χ3v) is 3.57. The van der Waals surface area contributed by atoms with Gasteiger partial charge in [0.25, 0.3) is 0 Å². The first kappa shape index (κ1) is 20.6. The van der Waals surface area contributed by atoms with Crippen LogP contribution in [0.2, 0.25) is 0 Å². The van der Waals surface area contributed by atoms with Crippen molar-refractivity contribution >= 4 is 5.91 Å². The highest BCUT2D eigenvalue weighted by atomic mass is 16.2. The topological polar surface area (TPSA) is 63.3 Å². The first-order valence-corrected chi connectivity index (χ1v) is 8.68. The number of amides is 1. The van der Waals surface area contributed by atoms with Crippen molar-refractivity contribution in [1.82, 2.24) is 0 Å². The number of aliphatic hydroxyl groups excluding tert-OH is 1. The predicted octanol–water partition coefficient (Wildman–Crippen LogP) is 4.69. The molecule has 0 aliphatic rings. The smallest absolute Gasteiger partial charge is 0.248 e. The van der Waals surface area contributed by atoms with Gasteiger partial charge in [0.15, 0.2) is 0 Å². The summed E-state index contributed by atoms with van der Waals surface area (Å²) < 4.78 is 0. The molecule has 0 atom stereocenters. The fraction of sp³-hybridized carbons (Fsp3) is 0.632. The average molecular weight is 307 g/mol. The highest BCUT2D eigenvalue weighted by molar-refractivity contribution is 5.92. The lowest BCUT2D eigenvalue weighted by atomic mass is 10.1.